The van der Waals surface area contributed by atoms with Crippen LogP contribution < -0.4 is 4.74 Å². The topological polar surface area (TPSA) is 70.1 Å². The van der Waals surface area contributed by atoms with Gasteiger partial charge in [-0.1, -0.05) is 6.07 Å². The Balaban J connectivity index is 1.47. The van der Waals surface area contributed by atoms with Gasteiger partial charge in [0.25, 0.3) is 0 Å². The van der Waals surface area contributed by atoms with E-state index in [1.54, 1.807) is 30.4 Å². The molecular weight excluding hydrogens is 408 g/mol. The molecule has 0 radical (unpaired) electrons. The fourth-order valence-corrected chi connectivity index (χ4v) is 6.57. The van der Waals surface area contributed by atoms with Crippen molar-refractivity contribution in [3.05, 3.63) is 40.3 Å². The highest BCUT2D eigenvalue weighted by Gasteiger charge is 2.31. The molecule has 0 bridgehead atoms. The number of nitrogens with zero attached hydrogens (tertiary/aromatic N) is 2. The lowest BCUT2D eigenvalue weighted by Gasteiger charge is -2.26. The number of phenols is 1. The molecule has 158 valence electrons. The maximum Gasteiger partial charge on any atom is 0.243 e. The van der Waals surface area contributed by atoms with E-state index in [1.807, 2.05) is 0 Å². The van der Waals surface area contributed by atoms with Gasteiger partial charge in [-0.2, -0.15) is 4.31 Å². The van der Waals surface area contributed by atoms with Crippen molar-refractivity contribution >= 4 is 21.4 Å². The Hall–Kier alpha value is -1.61. The second kappa shape index (κ2) is 7.91. The lowest BCUT2D eigenvalue weighted by atomic mass is 10.1. The van der Waals surface area contributed by atoms with Gasteiger partial charge in [0.1, 0.15) is 11.9 Å². The zero-order chi connectivity index (χ0) is 20.8. The van der Waals surface area contributed by atoms with Gasteiger partial charge in [-0.3, -0.25) is 4.90 Å². The van der Waals surface area contributed by atoms with E-state index in [0.29, 0.717) is 31.1 Å². The predicted molar refractivity (Wildman–Crippen MR) is 114 cm³/mol. The van der Waals surface area contributed by atoms with Gasteiger partial charge in [-0.05, 0) is 56.9 Å². The van der Waals surface area contributed by atoms with Gasteiger partial charge in [-0.25, -0.2) is 8.42 Å². The molecule has 2 aliphatic rings. The lowest BCUT2D eigenvalue weighted by Crippen LogP contribution is -2.35. The van der Waals surface area contributed by atoms with Crippen LogP contribution in [0.1, 0.15) is 36.3 Å². The average Bonchev–Trinajstić information content (AvgIpc) is 3.29. The van der Waals surface area contributed by atoms with Crippen LogP contribution in [-0.4, -0.2) is 54.5 Å². The third-order valence-corrected chi connectivity index (χ3v) is 8.73. The maximum atomic E-state index is 13.0. The highest BCUT2D eigenvalue weighted by Crippen LogP contribution is 2.36. The monoisotopic (exact) mass is 436 g/mol. The first-order valence-electron chi connectivity index (χ1n) is 10.1. The summed E-state index contributed by atoms with van der Waals surface area (Å²) in [5, 5.41) is 10.8. The zero-order valence-corrected chi connectivity index (χ0v) is 18.7. The third kappa shape index (κ3) is 4.17. The first-order chi connectivity index (χ1) is 13.7. The van der Waals surface area contributed by atoms with E-state index in [0.717, 1.165) is 29.5 Å². The number of likely N-dealkylation sites (tertiary alicyclic amines) is 1. The van der Waals surface area contributed by atoms with Crippen LogP contribution in [0.2, 0.25) is 0 Å². The Labute approximate surface area is 176 Å². The van der Waals surface area contributed by atoms with Crippen molar-refractivity contribution in [2.24, 2.45) is 0 Å². The summed E-state index contributed by atoms with van der Waals surface area (Å²) < 4.78 is 33.8. The minimum absolute atomic E-state index is 0.00240. The average molecular weight is 437 g/mol. The first kappa shape index (κ1) is 20.7. The van der Waals surface area contributed by atoms with Crippen LogP contribution in [0.25, 0.3) is 0 Å². The van der Waals surface area contributed by atoms with Crippen molar-refractivity contribution in [2.45, 2.75) is 57.2 Å². The van der Waals surface area contributed by atoms with Crippen molar-refractivity contribution in [1.29, 1.82) is 0 Å². The number of phenolic OH excluding ortho intramolecular Hbond substituents is 1. The molecule has 3 heterocycles. The molecule has 0 spiro atoms. The number of aromatic hydroxyl groups is 1. The van der Waals surface area contributed by atoms with Crippen molar-refractivity contribution in [2.75, 3.05) is 19.6 Å². The number of sulfonamides is 1. The van der Waals surface area contributed by atoms with Gasteiger partial charge in [0.2, 0.25) is 10.0 Å². The summed E-state index contributed by atoms with van der Waals surface area (Å²) in [6.45, 7) is 8.94. The lowest BCUT2D eigenvalue weighted by molar-refractivity contribution is 0.192. The van der Waals surface area contributed by atoms with Crippen molar-refractivity contribution in [3.63, 3.8) is 0 Å². The standard InChI is InChI=1S/C21H28N2O4S2/c1-14(2)22-8-7-17(12-22)27-21-10-16-6-9-23(13-20(16)28-21)29(25,26)18-5-4-15(3)19(24)11-18/h4-5,10-11,14,17,24H,6-9,12-13H2,1-3H3. The highest BCUT2D eigenvalue weighted by atomic mass is 32.2. The van der Waals surface area contributed by atoms with Gasteiger partial charge in [0, 0.05) is 43.2 Å². The summed E-state index contributed by atoms with van der Waals surface area (Å²) in [7, 11) is -3.64. The predicted octanol–water partition coefficient (Wildman–Crippen LogP) is 3.37. The normalized spacial score (nSPS) is 20.9. The Morgan fingerprint density at radius 2 is 2.03 bits per heavy atom. The molecule has 0 amide bonds. The van der Waals surface area contributed by atoms with Crippen LogP contribution in [0.4, 0.5) is 0 Å². The van der Waals surface area contributed by atoms with Crippen LogP contribution in [0, 0.1) is 6.92 Å². The molecule has 1 aromatic heterocycles. The summed E-state index contributed by atoms with van der Waals surface area (Å²) in [6, 6.07) is 7.14. The number of hydrogen-bond acceptors (Lipinski definition) is 6. The summed E-state index contributed by atoms with van der Waals surface area (Å²) in [6.07, 6.45) is 1.90. The number of fused-ring (bicyclic) bond motifs is 1. The molecule has 1 saturated heterocycles. The first-order valence-corrected chi connectivity index (χ1v) is 12.3. The number of ether oxygens (including phenoxy) is 1. The van der Waals surface area contributed by atoms with E-state index < -0.39 is 10.0 Å². The van der Waals surface area contributed by atoms with Gasteiger partial charge in [-0.15, -0.1) is 11.3 Å². The van der Waals surface area contributed by atoms with Crippen LogP contribution >= 0.6 is 11.3 Å². The summed E-state index contributed by atoms with van der Waals surface area (Å²) in [5.74, 6) is 0.00240. The molecule has 4 rings (SSSR count). The molecule has 1 unspecified atom stereocenters. The molecule has 0 aliphatic carbocycles. The molecule has 1 aromatic carbocycles. The number of hydrogen-bond donors (Lipinski definition) is 1. The number of thiophene rings is 1. The molecule has 2 aliphatic heterocycles. The molecule has 0 saturated carbocycles. The summed E-state index contributed by atoms with van der Waals surface area (Å²) in [4.78, 5) is 3.60. The second-order valence-electron chi connectivity index (χ2n) is 8.17. The van der Waals surface area contributed by atoms with Crippen molar-refractivity contribution < 1.29 is 18.3 Å². The number of rotatable bonds is 5. The van der Waals surface area contributed by atoms with Gasteiger partial charge in [0.15, 0.2) is 5.06 Å². The minimum atomic E-state index is -3.64. The fraction of sp³-hybridized carbons (Fsp3) is 0.524. The fourth-order valence-electron chi connectivity index (χ4n) is 3.91. The van der Waals surface area contributed by atoms with Crippen LogP contribution in [0.3, 0.4) is 0 Å². The third-order valence-electron chi connectivity index (χ3n) is 5.83. The van der Waals surface area contributed by atoms with Crippen LogP contribution in [0.15, 0.2) is 29.2 Å². The summed E-state index contributed by atoms with van der Waals surface area (Å²) >= 11 is 1.56. The van der Waals surface area contributed by atoms with Crippen molar-refractivity contribution in [1.82, 2.24) is 9.21 Å². The number of aryl methyl sites for hydroxylation is 1. The molecule has 1 fully saturated rings. The zero-order valence-electron chi connectivity index (χ0n) is 17.1. The Morgan fingerprint density at radius 1 is 1.24 bits per heavy atom. The molecule has 29 heavy (non-hydrogen) atoms. The van der Waals surface area contributed by atoms with Crippen molar-refractivity contribution in [3.8, 4) is 10.8 Å². The Bertz CT molecular complexity index is 1000. The molecule has 1 atom stereocenters. The van der Waals surface area contributed by atoms with Crippen LogP contribution in [0.5, 0.6) is 10.8 Å². The quantitative estimate of drug-likeness (QED) is 0.778. The van der Waals surface area contributed by atoms with Gasteiger partial charge < -0.3 is 9.84 Å². The van der Waals surface area contributed by atoms with Gasteiger partial charge >= 0.3 is 0 Å². The van der Waals surface area contributed by atoms with E-state index in [2.05, 4.69) is 24.8 Å². The van der Waals surface area contributed by atoms with E-state index in [4.69, 9.17) is 4.74 Å². The highest BCUT2D eigenvalue weighted by molar-refractivity contribution is 7.89. The smallest absolute Gasteiger partial charge is 0.243 e. The Morgan fingerprint density at radius 3 is 2.72 bits per heavy atom. The minimum Gasteiger partial charge on any atom is -0.508 e. The second-order valence-corrected chi connectivity index (χ2v) is 11.2. The summed E-state index contributed by atoms with van der Waals surface area (Å²) in [5.41, 5.74) is 1.84. The van der Waals surface area contributed by atoms with Gasteiger partial charge in [0.05, 0.1) is 4.90 Å². The Kier molecular flexibility index (Phi) is 5.63. The SMILES string of the molecule is Cc1ccc(S(=O)(=O)N2CCc3cc(OC4CCN(C(C)C)C4)sc3C2)cc1O. The van der Waals surface area contributed by atoms with E-state index in [-0.39, 0.29) is 16.7 Å². The molecule has 1 N–H and O–H groups in total. The van der Waals surface area contributed by atoms with Crippen LogP contribution in [-0.2, 0) is 23.0 Å². The van der Waals surface area contributed by atoms with E-state index >= 15 is 0 Å². The largest absolute Gasteiger partial charge is 0.508 e. The molecule has 8 heteroatoms. The molecule has 6 nitrogen and oxygen atoms in total. The maximum absolute atomic E-state index is 13.0. The van der Waals surface area contributed by atoms with E-state index in [1.165, 1.54) is 15.9 Å². The molecular formula is C21H28N2O4S2. The number of benzene rings is 1. The molecule has 2 aromatic rings. The van der Waals surface area contributed by atoms with E-state index in [9.17, 15) is 13.5 Å².